The van der Waals surface area contributed by atoms with Crippen molar-refractivity contribution >= 4 is 13.6 Å². The molecular formula is C16H21O6P. The molecular weight excluding hydrogens is 319 g/mol. The number of carbonyl (C=O) groups excluding carboxylic acids is 1. The molecule has 0 unspecified atom stereocenters. The third kappa shape index (κ3) is 3.34. The number of rotatable bonds is 7. The van der Waals surface area contributed by atoms with Gasteiger partial charge in [-0.1, -0.05) is 12.1 Å². The molecule has 0 saturated heterocycles. The van der Waals surface area contributed by atoms with Crippen LogP contribution in [0.2, 0.25) is 0 Å². The van der Waals surface area contributed by atoms with Crippen LogP contribution in [0.4, 0.5) is 0 Å². The number of fused-ring (bicyclic) bond motifs is 1. The van der Waals surface area contributed by atoms with Crippen LogP contribution >= 0.6 is 7.60 Å². The maximum atomic E-state index is 13.1. The number of allylic oxidation sites excluding steroid dienone is 1. The predicted octanol–water partition coefficient (Wildman–Crippen LogP) is 3.52. The number of carbonyl (C=O) groups is 1. The lowest BCUT2D eigenvalue weighted by atomic mass is 9.92. The summed E-state index contributed by atoms with van der Waals surface area (Å²) in [7, 11) is -2.15. The molecule has 0 saturated carbocycles. The molecule has 2 rings (SSSR count). The van der Waals surface area contributed by atoms with Crippen LogP contribution in [0.25, 0.3) is 0 Å². The number of esters is 1. The summed E-state index contributed by atoms with van der Waals surface area (Å²) in [5, 5.41) is 0. The van der Waals surface area contributed by atoms with Crippen LogP contribution in [0, 0.1) is 0 Å². The van der Waals surface area contributed by atoms with Gasteiger partial charge in [-0.3, -0.25) is 9.36 Å². The zero-order valence-corrected chi connectivity index (χ0v) is 14.4. The van der Waals surface area contributed by atoms with Gasteiger partial charge < -0.3 is 18.5 Å². The van der Waals surface area contributed by atoms with Gasteiger partial charge in [0.05, 0.1) is 20.3 Å². The Hall–Kier alpha value is -1.62. The van der Waals surface area contributed by atoms with E-state index in [1.165, 1.54) is 7.11 Å². The van der Waals surface area contributed by atoms with E-state index in [-0.39, 0.29) is 13.2 Å². The first-order valence-electron chi connectivity index (χ1n) is 7.41. The van der Waals surface area contributed by atoms with Crippen molar-refractivity contribution in [2.24, 2.45) is 0 Å². The van der Waals surface area contributed by atoms with E-state index in [4.69, 9.17) is 18.5 Å². The van der Waals surface area contributed by atoms with E-state index in [9.17, 15) is 9.36 Å². The van der Waals surface area contributed by atoms with Gasteiger partial charge in [-0.15, -0.1) is 6.58 Å². The minimum Gasteiger partial charge on any atom is -0.497 e. The van der Waals surface area contributed by atoms with E-state index < -0.39 is 25.1 Å². The third-order valence-corrected chi connectivity index (χ3v) is 6.03. The zero-order chi connectivity index (χ0) is 17.0. The van der Waals surface area contributed by atoms with Crippen molar-refractivity contribution in [3.63, 3.8) is 0 Å². The topological polar surface area (TPSA) is 71.1 Å². The average Bonchev–Trinajstić information content (AvgIpc) is 2.53. The normalized spacial score (nSPS) is 20.6. The summed E-state index contributed by atoms with van der Waals surface area (Å²) in [6, 6.07) is 5.13. The molecule has 0 amide bonds. The largest absolute Gasteiger partial charge is 0.497 e. The summed E-state index contributed by atoms with van der Waals surface area (Å²) < 4.78 is 34.2. The molecule has 0 radical (unpaired) electrons. The Bertz CT molecular complexity index is 631. The van der Waals surface area contributed by atoms with Crippen molar-refractivity contribution in [3.05, 3.63) is 36.4 Å². The minimum atomic E-state index is -3.67. The molecule has 6 nitrogen and oxygen atoms in total. The molecule has 1 aromatic carbocycles. The molecule has 1 aromatic rings. The van der Waals surface area contributed by atoms with Crippen molar-refractivity contribution in [3.8, 4) is 11.5 Å². The highest BCUT2D eigenvalue weighted by molar-refractivity contribution is 7.55. The van der Waals surface area contributed by atoms with Gasteiger partial charge in [0.2, 0.25) is 0 Å². The molecule has 0 N–H and O–H groups in total. The summed E-state index contributed by atoms with van der Waals surface area (Å²) in [6.07, 6.45) is 1.57. The molecule has 1 heterocycles. The molecule has 0 aliphatic carbocycles. The summed E-state index contributed by atoms with van der Waals surface area (Å²) in [6.45, 7) is 7.50. The van der Waals surface area contributed by atoms with Gasteiger partial charge in [0.15, 0.2) is 5.66 Å². The van der Waals surface area contributed by atoms with E-state index in [2.05, 4.69) is 6.58 Å². The summed E-state index contributed by atoms with van der Waals surface area (Å²) in [5.41, 5.74) is -0.370. The van der Waals surface area contributed by atoms with Crippen LogP contribution in [-0.4, -0.2) is 32.0 Å². The average molecular weight is 340 g/mol. The van der Waals surface area contributed by atoms with E-state index in [1.807, 2.05) is 0 Å². The van der Waals surface area contributed by atoms with Gasteiger partial charge in [0.1, 0.15) is 11.5 Å². The van der Waals surface area contributed by atoms with Crippen LogP contribution in [0.15, 0.2) is 30.9 Å². The first-order chi connectivity index (χ1) is 11.0. The van der Waals surface area contributed by atoms with Crippen LogP contribution in [-0.2, 0) is 18.4 Å². The van der Waals surface area contributed by atoms with E-state index in [0.29, 0.717) is 17.1 Å². The van der Waals surface area contributed by atoms with Crippen LogP contribution in [0.1, 0.15) is 25.3 Å². The van der Waals surface area contributed by atoms with Crippen molar-refractivity contribution in [2.75, 3.05) is 20.3 Å². The molecule has 0 fully saturated rings. The highest BCUT2D eigenvalue weighted by atomic mass is 31.2. The fraction of sp³-hybridized carbons (Fsp3) is 0.438. The predicted molar refractivity (Wildman–Crippen MR) is 86.2 cm³/mol. The lowest BCUT2D eigenvalue weighted by molar-refractivity contribution is -0.135. The molecule has 23 heavy (non-hydrogen) atoms. The smallest absolute Gasteiger partial charge is 0.345 e. The third-order valence-electron chi connectivity index (χ3n) is 3.58. The van der Waals surface area contributed by atoms with Gasteiger partial charge in [0.25, 0.3) is 0 Å². The van der Waals surface area contributed by atoms with E-state index >= 15 is 0 Å². The highest BCUT2D eigenvalue weighted by Gasteiger charge is 2.50. The van der Waals surface area contributed by atoms with E-state index in [0.717, 1.165) is 0 Å². The lowest BCUT2D eigenvalue weighted by Gasteiger charge is -2.33. The Morgan fingerprint density at radius 1 is 1.30 bits per heavy atom. The number of methoxy groups -OCH3 is 1. The van der Waals surface area contributed by atoms with Crippen LogP contribution in [0.5, 0.6) is 11.5 Å². The minimum absolute atomic E-state index is 0.167. The SMILES string of the molecule is C=C[C@H]1c2ccc(OC)cc2OC(=O)[C@@H]1P(=O)(OCC)OCC. The fourth-order valence-corrected chi connectivity index (χ4v) is 4.73. The van der Waals surface area contributed by atoms with Crippen LogP contribution in [0.3, 0.4) is 0 Å². The van der Waals surface area contributed by atoms with Crippen molar-refractivity contribution in [1.82, 2.24) is 0 Å². The molecule has 0 spiro atoms. The van der Waals surface area contributed by atoms with E-state index in [1.54, 1.807) is 38.1 Å². The Labute approximate surface area is 135 Å². The van der Waals surface area contributed by atoms with Gasteiger partial charge in [0, 0.05) is 17.5 Å². The number of ether oxygens (including phenoxy) is 2. The van der Waals surface area contributed by atoms with Crippen molar-refractivity contribution in [1.29, 1.82) is 0 Å². The van der Waals surface area contributed by atoms with Crippen molar-refractivity contribution in [2.45, 2.75) is 25.4 Å². The number of benzene rings is 1. The second-order valence-electron chi connectivity index (χ2n) is 4.91. The molecule has 2 atom stereocenters. The molecule has 0 aromatic heterocycles. The quantitative estimate of drug-likeness (QED) is 0.327. The Balaban J connectivity index is 2.50. The lowest BCUT2D eigenvalue weighted by Crippen LogP contribution is -2.36. The first kappa shape index (κ1) is 17.7. The molecule has 1 aliphatic heterocycles. The van der Waals surface area contributed by atoms with Crippen molar-refractivity contribution < 1.29 is 27.9 Å². The summed E-state index contributed by atoms with van der Waals surface area (Å²) in [5.74, 6) is -0.243. The Morgan fingerprint density at radius 2 is 1.96 bits per heavy atom. The van der Waals surface area contributed by atoms with Crippen LogP contribution < -0.4 is 9.47 Å². The first-order valence-corrected chi connectivity index (χ1v) is 9.02. The standard InChI is InChI=1S/C16H21O6P/c1-5-12-13-9-8-11(19-4)10-14(13)22-16(17)15(12)23(18,20-6-2)21-7-3/h5,8-10,12,15H,1,6-7H2,2-4H3/t12-,15+/m0/s1. The number of hydrogen-bond donors (Lipinski definition) is 0. The van der Waals surface area contributed by atoms with Gasteiger partial charge >= 0.3 is 13.6 Å². The number of hydrogen-bond acceptors (Lipinski definition) is 6. The summed E-state index contributed by atoms with van der Waals surface area (Å²) in [4.78, 5) is 12.5. The fourth-order valence-electron chi connectivity index (χ4n) is 2.63. The molecule has 0 bridgehead atoms. The Kier molecular flexibility index (Phi) is 5.63. The maximum absolute atomic E-state index is 13.1. The second-order valence-corrected chi connectivity index (χ2v) is 7.06. The maximum Gasteiger partial charge on any atom is 0.345 e. The molecule has 1 aliphatic rings. The van der Waals surface area contributed by atoms with Gasteiger partial charge in [-0.2, -0.15) is 0 Å². The zero-order valence-electron chi connectivity index (χ0n) is 13.5. The monoisotopic (exact) mass is 340 g/mol. The van der Waals surface area contributed by atoms with Gasteiger partial charge in [-0.25, -0.2) is 0 Å². The Morgan fingerprint density at radius 3 is 2.48 bits per heavy atom. The highest BCUT2D eigenvalue weighted by Crippen LogP contribution is 2.60. The molecule has 126 valence electrons. The second kappa shape index (κ2) is 7.30. The van der Waals surface area contributed by atoms with Gasteiger partial charge in [-0.05, 0) is 19.9 Å². The molecule has 7 heteroatoms. The summed E-state index contributed by atoms with van der Waals surface area (Å²) >= 11 is 0.